The predicted molar refractivity (Wildman–Crippen MR) is 74.7 cm³/mol. The van der Waals surface area contributed by atoms with Gasteiger partial charge in [-0.15, -0.1) is 0 Å². The number of hydrogen-bond donors (Lipinski definition) is 1. The van der Waals surface area contributed by atoms with Gasteiger partial charge < -0.3 is 5.73 Å². The van der Waals surface area contributed by atoms with E-state index in [2.05, 4.69) is 0 Å². The van der Waals surface area contributed by atoms with Crippen LogP contribution in [0.1, 0.15) is 5.56 Å². The van der Waals surface area contributed by atoms with E-state index in [1.807, 2.05) is 24.3 Å². The first-order chi connectivity index (χ1) is 8.70. The zero-order valence-electron chi connectivity index (χ0n) is 9.70. The lowest BCUT2D eigenvalue weighted by molar-refractivity contribution is 0.602. The lowest BCUT2D eigenvalue weighted by Gasteiger charge is -2.09. The molecule has 0 fully saturated rings. The largest absolute Gasteiger partial charge is 0.330 e. The third-order valence-electron chi connectivity index (χ3n) is 2.49. The molecule has 94 valence electrons. The molecule has 18 heavy (non-hydrogen) atoms. The highest BCUT2D eigenvalue weighted by Gasteiger charge is 2.08. The molecule has 1 nitrogen and oxygen atoms in total. The summed E-state index contributed by atoms with van der Waals surface area (Å²) in [6.07, 6.45) is 0.733. The molecule has 2 rings (SSSR count). The van der Waals surface area contributed by atoms with Crippen molar-refractivity contribution in [3.8, 4) is 0 Å². The Balaban J connectivity index is 2.31. The standard InChI is InChI=1S/C14H13ClFNS/c15-11-5-6-13(10(9-11)7-8-17)18-14-4-2-1-3-12(14)16/h1-6,9H,7-8,17H2. The van der Waals surface area contributed by atoms with Crippen LogP contribution in [0.15, 0.2) is 52.3 Å². The van der Waals surface area contributed by atoms with Gasteiger partial charge in [0.05, 0.1) is 0 Å². The molecule has 0 atom stereocenters. The Kier molecular flexibility index (Phi) is 4.64. The quantitative estimate of drug-likeness (QED) is 0.912. The molecular formula is C14H13ClFNS. The molecule has 0 amide bonds. The third-order valence-corrected chi connectivity index (χ3v) is 3.90. The Labute approximate surface area is 115 Å². The maximum absolute atomic E-state index is 13.6. The summed E-state index contributed by atoms with van der Waals surface area (Å²) in [6.45, 7) is 0.547. The molecule has 0 aliphatic rings. The molecule has 4 heteroatoms. The molecule has 0 aromatic heterocycles. The SMILES string of the molecule is NCCc1cc(Cl)ccc1Sc1ccccc1F. The van der Waals surface area contributed by atoms with Crippen molar-refractivity contribution < 1.29 is 4.39 Å². The van der Waals surface area contributed by atoms with E-state index in [0.717, 1.165) is 16.9 Å². The second kappa shape index (κ2) is 6.23. The minimum atomic E-state index is -0.212. The molecule has 0 spiro atoms. The van der Waals surface area contributed by atoms with Gasteiger partial charge in [0, 0.05) is 14.8 Å². The zero-order valence-corrected chi connectivity index (χ0v) is 11.3. The Morgan fingerprint density at radius 3 is 2.61 bits per heavy atom. The van der Waals surface area contributed by atoms with Crippen LogP contribution in [0.4, 0.5) is 4.39 Å². The van der Waals surface area contributed by atoms with E-state index in [4.69, 9.17) is 17.3 Å². The van der Waals surface area contributed by atoms with E-state index in [1.54, 1.807) is 12.1 Å². The van der Waals surface area contributed by atoms with Gasteiger partial charge in [-0.05, 0) is 48.9 Å². The summed E-state index contributed by atoms with van der Waals surface area (Å²) >= 11 is 7.36. The Morgan fingerprint density at radius 2 is 1.89 bits per heavy atom. The van der Waals surface area contributed by atoms with Gasteiger partial charge in [0.15, 0.2) is 0 Å². The van der Waals surface area contributed by atoms with Crippen molar-refractivity contribution >= 4 is 23.4 Å². The van der Waals surface area contributed by atoms with Crippen molar-refractivity contribution in [3.05, 3.63) is 58.9 Å². The Bertz CT molecular complexity index is 545. The van der Waals surface area contributed by atoms with Crippen LogP contribution in [0.25, 0.3) is 0 Å². The summed E-state index contributed by atoms with van der Waals surface area (Å²) in [7, 11) is 0. The maximum Gasteiger partial charge on any atom is 0.137 e. The van der Waals surface area contributed by atoms with Gasteiger partial charge in [0.2, 0.25) is 0 Å². The zero-order chi connectivity index (χ0) is 13.0. The lowest BCUT2D eigenvalue weighted by Crippen LogP contribution is -2.03. The summed E-state index contributed by atoms with van der Waals surface area (Å²) in [4.78, 5) is 1.60. The highest BCUT2D eigenvalue weighted by molar-refractivity contribution is 7.99. The molecule has 0 heterocycles. The summed E-state index contributed by atoms with van der Waals surface area (Å²) < 4.78 is 13.6. The summed E-state index contributed by atoms with van der Waals surface area (Å²) in [5.74, 6) is -0.212. The van der Waals surface area contributed by atoms with Crippen LogP contribution in [0.3, 0.4) is 0 Å². The van der Waals surface area contributed by atoms with E-state index in [0.29, 0.717) is 16.5 Å². The minimum absolute atomic E-state index is 0.212. The summed E-state index contributed by atoms with van der Waals surface area (Å²) in [5.41, 5.74) is 6.63. The molecule has 2 N–H and O–H groups in total. The average Bonchev–Trinajstić information content (AvgIpc) is 2.35. The lowest BCUT2D eigenvalue weighted by atomic mass is 10.1. The van der Waals surface area contributed by atoms with Gasteiger partial charge in [-0.25, -0.2) is 4.39 Å². The van der Waals surface area contributed by atoms with Crippen LogP contribution < -0.4 is 5.73 Å². The minimum Gasteiger partial charge on any atom is -0.330 e. The number of nitrogens with two attached hydrogens (primary N) is 1. The smallest absolute Gasteiger partial charge is 0.137 e. The third kappa shape index (κ3) is 3.25. The van der Waals surface area contributed by atoms with Gasteiger partial charge in [-0.3, -0.25) is 0 Å². The fraction of sp³-hybridized carbons (Fsp3) is 0.143. The topological polar surface area (TPSA) is 26.0 Å². The predicted octanol–water partition coefficient (Wildman–Crippen LogP) is 4.13. The van der Waals surface area contributed by atoms with Crippen LogP contribution in [-0.4, -0.2) is 6.54 Å². The Morgan fingerprint density at radius 1 is 1.11 bits per heavy atom. The van der Waals surface area contributed by atoms with E-state index in [1.165, 1.54) is 17.8 Å². The number of hydrogen-bond acceptors (Lipinski definition) is 2. The molecule has 0 saturated heterocycles. The molecule has 0 saturated carbocycles. The van der Waals surface area contributed by atoms with Gasteiger partial charge in [0.1, 0.15) is 5.82 Å². The summed E-state index contributed by atoms with van der Waals surface area (Å²) in [5, 5.41) is 0.677. The van der Waals surface area contributed by atoms with Crippen LogP contribution in [0, 0.1) is 5.82 Å². The second-order valence-corrected chi connectivity index (χ2v) is 5.34. The van der Waals surface area contributed by atoms with Crippen molar-refractivity contribution in [2.24, 2.45) is 5.73 Å². The van der Waals surface area contributed by atoms with E-state index >= 15 is 0 Å². The fourth-order valence-electron chi connectivity index (χ4n) is 1.64. The molecule has 2 aromatic carbocycles. The number of rotatable bonds is 4. The van der Waals surface area contributed by atoms with Gasteiger partial charge in [0.25, 0.3) is 0 Å². The summed E-state index contributed by atoms with van der Waals surface area (Å²) in [6, 6.07) is 12.3. The maximum atomic E-state index is 13.6. The number of benzene rings is 2. The molecule has 0 bridgehead atoms. The molecule has 0 aliphatic heterocycles. The average molecular weight is 282 g/mol. The number of halogens is 2. The van der Waals surface area contributed by atoms with Crippen molar-refractivity contribution in [2.45, 2.75) is 16.2 Å². The first-order valence-electron chi connectivity index (χ1n) is 5.61. The fourth-order valence-corrected chi connectivity index (χ4v) is 2.82. The van der Waals surface area contributed by atoms with Crippen molar-refractivity contribution in [1.82, 2.24) is 0 Å². The van der Waals surface area contributed by atoms with Crippen LogP contribution in [0.5, 0.6) is 0 Å². The van der Waals surface area contributed by atoms with Crippen LogP contribution in [-0.2, 0) is 6.42 Å². The molecule has 0 aliphatic carbocycles. The van der Waals surface area contributed by atoms with Crippen LogP contribution in [0.2, 0.25) is 5.02 Å². The molecule has 0 radical (unpaired) electrons. The van der Waals surface area contributed by atoms with E-state index in [9.17, 15) is 4.39 Å². The van der Waals surface area contributed by atoms with Crippen molar-refractivity contribution in [3.63, 3.8) is 0 Å². The molecule has 0 unspecified atom stereocenters. The molecular weight excluding hydrogens is 269 g/mol. The van der Waals surface area contributed by atoms with E-state index in [-0.39, 0.29) is 5.82 Å². The van der Waals surface area contributed by atoms with Gasteiger partial charge in [-0.2, -0.15) is 0 Å². The van der Waals surface area contributed by atoms with Crippen LogP contribution >= 0.6 is 23.4 Å². The van der Waals surface area contributed by atoms with Crippen molar-refractivity contribution in [2.75, 3.05) is 6.54 Å². The second-order valence-electron chi connectivity index (χ2n) is 3.82. The first-order valence-corrected chi connectivity index (χ1v) is 6.81. The first kappa shape index (κ1) is 13.4. The highest BCUT2D eigenvalue weighted by atomic mass is 35.5. The monoisotopic (exact) mass is 281 g/mol. The Hall–Kier alpha value is -1.03. The molecule has 2 aromatic rings. The highest BCUT2D eigenvalue weighted by Crippen LogP contribution is 2.33. The van der Waals surface area contributed by atoms with Crippen molar-refractivity contribution in [1.29, 1.82) is 0 Å². The van der Waals surface area contributed by atoms with E-state index < -0.39 is 0 Å². The normalized spacial score (nSPS) is 10.6. The van der Waals surface area contributed by atoms with Gasteiger partial charge in [-0.1, -0.05) is 35.5 Å². The van der Waals surface area contributed by atoms with Gasteiger partial charge >= 0.3 is 0 Å².